The van der Waals surface area contributed by atoms with E-state index in [-0.39, 0.29) is 29.0 Å². The number of non-ortho nitro benzene ring substituents is 1. The molecule has 1 amide bonds. The van der Waals surface area contributed by atoms with Crippen molar-refractivity contribution in [1.82, 2.24) is 0 Å². The zero-order chi connectivity index (χ0) is 17.4. The zero-order valence-corrected chi connectivity index (χ0v) is 12.8. The number of amides is 1. The Morgan fingerprint density at radius 3 is 2.54 bits per heavy atom. The highest BCUT2D eigenvalue weighted by atomic mass is 16.6. The Morgan fingerprint density at radius 2 is 1.96 bits per heavy atom. The summed E-state index contributed by atoms with van der Waals surface area (Å²) in [5.74, 6) is -2.86. The minimum absolute atomic E-state index is 0.0971. The van der Waals surface area contributed by atoms with E-state index in [1.54, 1.807) is 0 Å². The van der Waals surface area contributed by atoms with Crippen molar-refractivity contribution in [3.63, 3.8) is 0 Å². The molecule has 1 fully saturated rings. The molecule has 0 heterocycles. The maximum Gasteiger partial charge on any atom is 0.307 e. The molecule has 0 aromatic heterocycles. The molecule has 8 heteroatoms. The summed E-state index contributed by atoms with van der Waals surface area (Å²) in [6.07, 6.45) is 4.41. The van der Waals surface area contributed by atoms with Gasteiger partial charge < -0.3 is 15.2 Å². The van der Waals surface area contributed by atoms with Crippen molar-refractivity contribution >= 4 is 23.3 Å². The van der Waals surface area contributed by atoms with Crippen molar-refractivity contribution < 1.29 is 24.4 Å². The molecule has 1 saturated carbocycles. The molecule has 2 bridgehead atoms. The van der Waals surface area contributed by atoms with Gasteiger partial charge in [-0.25, -0.2) is 0 Å². The third kappa shape index (κ3) is 2.60. The summed E-state index contributed by atoms with van der Waals surface area (Å²) in [6.45, 7) is 0. The number of carboxylic acid groups (broad SMARTS) is 1. The van der Waals surface area contributed by atoms with Crippen LogP contribution in [0.5, 0.6) is 5.75 Å². The van der Waals surface area contributed by atoms with E-state index in [9.17, 15) is 24.8 Å². The van der Waals surface area contributed by atoms with E-state index in [1.807, 2.05) is 12.2 Å². The number of hydrogen-bond acceptors (Lipinski definition) is 5. The molecule has 2 N–H and O–H groups in total. The zero-order valence-electron chi connectivity index (χ0n) is 12.8. The van der Waals surface area contributed by atoms with E-state index in [2.05, 4.69) is 5.32 Å². The van der Waals surface area contributed by atoms with Gasteiger partial charge >= 0.3 is 5.97 Å². The second-order valence-corrected chi connectivity index (χ2v) is 5.97. The summed E-state index contributed by atoms with van der Waals surface area (Å²) >= 11 is 0. The van der Waals surface area contributed by atoms with Crippen molar-refractivity contribution in [2.75, 3.05) is 12.4 Å². The van der Waals surface area contributed by atoms with Gasteiger partial charge in [-0.2, -0.15) is 0 Å². The van der Waals surface area contributed by atoms with E-state index in [4.69, 9.17) is 4.74 Å². The Morgan fingerprint density at radius 1 is 1.29 bits per heavy atom. The number of ether oxygens (including phenoxy) is 1. The molecule has 2 aliphatic rings. The van der Waals surface area contributed by atoms with Crippen LogP contribution in [0.15, 0.2) is 30.4 Å². The number of fused-ring (bicyclic) bond motifs is 2. The summed E-state index contributed by atoms with van der Waals surface area (Å²) in [7, 11) is 1.34. The summed E-state index contributed by atoms with van der Waals surface area (Å²) in [4.78, 5) is 34.3. The van der Waals surface area contributed by atoms with Crippen molar-refractivity contribution in [1.29, 1.82) is 0 Å². The van der Waals surface area contributed by atoms with Gasteiger partial charge in [-0.3, -0.25) is 19.7 Å². The topological polar surface area (TPSA) is 119 Å². The number of nitro groups is 1. The lowest BCUT2D eigenvalue weighted by Crippen LogP contribution is -2.36. The molecule has 24 heavy (non-hydrogen) atoms. The van der Waals surface area contributed by atoms with E-state index in [0.717, 1.165) is 0 Å². The molecule has 2 aliphatic carbocycles. The van der Waals surface area contributed by atoms with E-state index in [0.29, 0.717) is 6.42 Å². The molecule has 8 nitrogen and oxygen atoms in total. The first-order valence-corrected chi connectivity index (χ1v) is 7.46. The lowest BCUT2D eigenvalue weighted by molar-refractivity contribution is -0.384. The predicted molar refractivity (Wildman–Crippen MR) is 83.6 cm³/mol. The van der Waals surface area contributed by atoms with Crippen LogP contribution < -0.4 is 10.1 Å². The fourth-order valence-electron chi connectivity index (χ4n) is 3.63. The highest BCUT2D eigenvalue weighted by Gasteiger charge is 2.51. The van der Waals surface area contributed by atoms with Crippen molar-refractivity contribution in [3.05, 3.63) is 40.5 Å². The van der Waals surface area contributed by atoms with Crippen LogP contribution in [-0.2, 0) is 9.59 Å². The quantitative estimate of drug-likeness (QED) is 0.484. The standard InChI is InChI=1S/C16H16N2O6/c1-24-12-7-10(18(22)23)4-5-11(12)17-15(19)13-8-2-3-9(6-8)14(13)16(20)21/h2-5,7-9,13-14H,6H2,1H3,(H,17,19)(H,20,21)/t8-,9-,13-,14-/m0/s1. The predicted octanol–water partition coefficient (Wildman–Crippen LogP) is 2.06. The van der Waals surface area contributed by atoms with Crippen LogP contribution in [0.1, 0.15) is 6.42 Å². The number of nitrogens with one attached hydrogen (secondary N) is 1. The fourth-order valence-corrected chi connectivity index (χ4v) is 3.63. The maximum absolute atomic E-state index is 12.6. The Bertz CT molecular complexity index is 744. The second kappa shape index (κ2) is 5.95. The molecule has 0 saturated heterocycles. The van der Waals surface area contributed by atoms with Crippen LogP contribution in [0.2, 0.25) is 0 Å². The molecule has 0 unspecified atom stereocenters. The highest BCUT2D eigenvalue weighted by Crippen LogP contribution is 2.48. The van der Waals surface area contributed by atoms with Crippen LogP contribution in [-0.4, -0.2) is 29.0 Å². The average molecular weight is 332 g/mol. The van der Waals surface area contributed by atoms with Gasteiger partial charge in [-0.15, -0.1) is 0 Å². The number of methoxy groups -OCH3 is 1. The molecule has 0 spiro atoms. The second-order valence-electron chi connectivity index (χ2n) is 5.97. The van der Waals surface area contributed by atoms with Crippen molar-refractivity contribution in [3.8, 4) is 5.75 Å². The molecule has 0 aliphatic heterocycles. The van der Waals surface area contributed by atoms with Crippen LogP contribution in [0.4, 0.5) is 11.4 Å². The van der Waals surface area contributed by atoms with Gasteiger partial charge in [0.2, 0.25) is 5.91 Å². The van der Waals surface area contributed by atoms with Gasteiger partial charge in [0.25, 0.3) is 5.69 Å². The molecule has 3 rings (SSSR count). The molecular formula is C16H16N2O6. The molecule has 0 radical (unpaired) electrons. The van der Waals surface area contributed by atoms with Crippen LogP contribution >= 0.6 is 0 Å². The van der Waals surface area contributed by atoms with Gasteiger partial charge in [-0.1, -0.05) is 12.2 Å². The summed E-state index contributed by atoms with van der Waals surface area (Å²) in [6, 6.07) is 3.85. The number of carboxylic acids is 1. The fraction of sp³-hybridized carbons (Fsp3) is 0.375. The number of nitrogens with zero attached hydrogens (tertiary/aromatic N) is 1. The van der Waals surface area contributed by atoms with E-state index in [1.165, 1.54) is 25.3 Å². The smallest absolute Gasteiger partial charge is 0.307 e. The number of nitro benzene ring substituents is 1. The summed E-state index contributed by atoms with van der Waals surface area (Å²) in [5.41, 5.74) is 0.125. The number of allylic oxidation sites excluding steroid dienone is 2. The third-order valence-electron chi connectivity index (χ3n) is 4.70. The number of benzene rings is 1. The molecule has 126 valence electrons. The normalized spacial score (nSPS) is 27.0. The molecule has 1 aromatic rings. The van der Waals surface area contributed by atoms with Gasteiger partial charge in [0.15, 0.2) is 0 Å². The van der Waals surface area contributed by atoms with Gasteiger partial charge in [0.05, 0.1) is 35.6 Å². The number of aliphatic carboxylic acids is 1. The number of hydrogen-bond donors (Lipinski definition) is 2. The van der Waals surface area contributed by atoms with Crippen LogP contribution in [0, 0.1) is 33.8 Å². The highest BCUT2D eigenvalue weighted by molar-refractivity contribution is 5.97. The first-order valence-electron chi connectivity index (χ1n) is 7.46. The first-order chi connectivity index (χ1) is 11.4. The third-order valence-corrected chi connectivity index (χ3v) is 4.70. The Hall–Kier alpha value is -2.90. The number of rotatable bonds is 5. The van der Waals surface area contributed by atoms with Crippen molar-refractivity contribution in [2.45, 2.75) is 6.42 Å². The minimum Gasteiger partial charge on any atom is -0.494 e. The summed E-state index contributed by atoms with van der Waals surface area (Å²) < 4.78 is 5.09. The largest absolute Gasteiger partial charge is 0.494 e. The Kier molecular flexibility index (Phi) is 3.96. The number of anilines is 1. The Balaban J connectivity index is 1.83. The molecular weight excluding hydrogens is 316 g/mol. The number of carbonyl (C=O) groups excluding carboxylic acids is 1. The van der Waals surface area contributed by atoms with Crippen LogP contribution in [0.25, 0.3) is 0 Å². The van der Waals surface area contributed by atoms with Crippen molar-refractivity contribution in [2.24, 2.45) is 23.7 Å². The van der Waals surface area contributed by atoms with Crippen LogP contribution in [0.3, 0.4) is 0 Å². The van der Waals surface area contributed by atoms with Gasteiger partial charge in [0.1, 0.15) is 5.75 Å². The minimum atomic E-state index is -0.984. The monoisotopic (exact) mass is 332 g/mol. The lowest BCUT2D eigenvalue weighted by Gasteiger charge is -2.24. The molecule has 4 atom stereocenters. The van der Waals surface area contributed by atoms with Gasteiger partial charge in [-0.05, 0) is 24.3 Å². The average Bonchev–Trinajstić information content (AvgIpc) is 3.15. The summed E-state index contributed by atoms with van der Waals surface area (Å²) in [5, 5.41) is 22.9. The van der Waals surface area contributed by atoms with E-state index >= 15 is 0 Å². The first kappa shape index (κ1) is 16.0. The van der Waals surface area contributed by atoms with E-state index < -0.39 is 28.6 Å². The Labute approximate surface area is 137 Å². The number of carbonyl (C=O) groups is 2. The SMILES string of the molecule is COc1cc([N+](=O)[O-])ccc1NC(=O)[C@@H]1[C@@H](C(=O)O)[C@H]2C=C[C@H]1C2. The lowest BCUT2D eigenvalue weighted by atomic mass is 9.82. The maximum atomic E-state index is 12.6. The molecule has 1 aromatic carbocycles. The van der Waals surface area contributed by atoms with Gasteiger partial charge in [0, 0.05) is 6.07 Å².